The van der Waals surface area contributed by atoms with Gasteiger partial charge in [-0.2, -0.15) is 5.06 Å². The summed E-state index contributed by atoms with van der Waals surface area (Å²) in [5.41, 5.74) is 3.67. The Bertz CT molecular complexity index is 1290. The minimum atomic E-state index is -0.843. The Hall–Kier alpha value is -2.78. The average molecular weight is 578 g/mol. The molecule has 0 unspecified atom stereocenters. The number of aliphatic hydroxyl groups is 2. The highest BCUT2D eigenvalue weighted by Gasteiger charge is 2.57. The van der Waals surface area contributed by atoms with Gasteiger partial charge in [-0.1, -0.05) is 51.1 Å². The molecule has 0 spiro atoms. The van der Waals surface area contributed by atoms with Gasteiger partial charge < -0.3 is 20.8 Å². The molecule has 2 bridgehead atoms. The first-order chi connectivity index (χ1) is 19.9. The van der Waals surface area contributed by atoms with Gasteiger partial charge in [0.25, 0.3) is 5.91 Å². The largest absolute Gasteiger partial charge is 0.394 e. The first-order valence-corrected chi connectivity index (χ1v) is 15.4. The third-order valence-corrected chi connectivity index (χ3v) is 10.2. The lowest BCUT2D eigenvalue weighted by Gasteiger charge is -2.62. The van der Waals surface area contributed by atoms with E-state index in [4.69, 9.17) is 4.84 Å². The molecule has 3 aliphatic carbocycles. The second-order valence-electron chi connectivity index (χ2n) is 13.6. The Kier molecular flexibility index (Phi) is 8.82. The lowest BCUT2D eigenvalue weighted by Crippen LogP contribution is -2.62. The quantitative estimate of drug-likeness (QED) is 0.356. The molecule has 4 fully saturated rings. The average Bonchev–Trinajstić information content (AvgIpc) is 3.32. The van der Waals surface area contributed by atoms with Gasteiger partial charge in [-0.3, -0.25) is 14.4 Å². The van der Waals surface area contributed by atoms with Crippen LogP contribution in [-0.4, -0.2) is 64.0 Å². The van der Waals surface area contributed by atoms with Gasteiger partial charge in [0.1, 0.15) is 12.1 Å². The molecule has 2 aromatic rings. The molecule has 8 nitrogen and oxygen atoms in total. The van der Waals surface area contributed by atoms with Crippen LogP contribution in [0.5, 0.6) is 0 Å². The molecule has 0 aromatic heterocycles. The Morgan fingerprint density at radius 1 is 1.07 bits per heavy atom. The van der Waals surface area contributed by atoms with Gasteiger partial charge in [0.15, 0.2) is 0 Å². The molecule has 228 valence electrons. The third kappa shape index (κ3) is 5.87. The monoisotopic (exact) mass is 577 g/mol. The summed E-state index contributed by atoms with van der Waals surface area (Å²) >= 11 is 0. The molecule has 4 aliphatic rings. The molecule has 1 heterocycles. The van der Waals surface area contributed by atoms with Crippen molar-refractivity contribution < 1.29 is 24.6 Å². The predicted octanol–water partition coefficient (Wildman–Crippen LogP) is 4.15. The third-order valence-electron chi connectivity index (χ3n) is 10.2. The lowest BCUT2D eigenvalue weighted by molar-refractivity contribution is -0.183. The van der Waals surface area contributed by atoms with E-state index in [1.165, 1.54) is 6.42 Å². The minimum absolute atomic E-state index is 0.0437. The van der Waals surface area contributed by atoms with Crippen LogP contribution >= 0.6 is 0 Å². The maximum atomic E-state index is 13.9. The summed E-state index contributed by atoms with van der Waals surface area (Å²) in [6, 6.07) is 14.8. The van der Waals surface area contributed by atoms with Crippen LogP contribution in [0, 0.1) is 29.1 Å². The highest BCUT2D eigenvalue weighted by Crippen LogP contribution is 2.61. The maximum Gasteiger partial charge on any atom is 0.251 e. The Labute approximate surface area is 249 Å². The Morgan fingerprint density at radius 3 is 2.38 bits per heavy atom. The number of fused-ring (bicyclic) bond motifs is 2. The molecule has 4 N–H and O–H groups in total. The number of carbonyl (C=O) groups is 2. The van der Waals surface area contributed by atoms with Crippen molar-refractivity contribution in [1.29, 1.82) is 0 Å². The van der Waals surface area contributed by atoms with E-state index in [0.717, 1.165) is 23.1 Å². The van der Waals surface area contributed by atoms with Crippen LogP contribution in [0.15, 0.2) is 48.5 Å². The SMILES string of the molecule is CC(C)NC(=O)c1cccc(-c2cccc(CN3O[C@@H](CO)[C@@H]([C@H](C)O)[C@H]3C(=O)N[C@H]3C[C@@H]4C[C@H]([C@@H]3C)C4(C)C)c2)c1. The standard InChI is InChI=1S/C34H47N3O5/c1-19(2)35-32(40)25-12-8-11-24(14-25)23-10-7-9-22(13-23)17-37-31(30(21(4)39)29(18-38)42-37)33(41)36-28-16-26-15-27(20(28)3)34(26,5)6/h7-14,19-21,26-31,38-39H,15-18H2,1-6H3,(H,35,40)(H,36,41)/t20-,21-,26-,27+,28-,29-,30+,31-/m0/s1. The van der Waals surface area contributed by atoms with E-state index < -0.39 is 24.2 Å². The first kappa shape index (κ1) is 30.7. The van der Waals surface area contributed by atoms with Gasteiger partial charge in [-0.15, -0.1) is 0 Å². The van der Waals surface area contributed by atoms with Crippen LogP contribution in [0.4, 0.5) is 0 Å². The molecule has 8 atom stereocenters. The molecular formula is C34H47N3O5. The fourth-order valence-electron chi connectivity index (χ4n) is 7.70. The molecule has 0 radical (unpaired) electrons. The minimum Gasteiger partial charge on any atom is -0.394 e. The number of aliphatic hydroxyl groups excluding tert-OH is 2. The van der Waals surface area contributed by atoms with E-state index >= 15 is 0 Å². The summed E-state index contributed by atoms with van der Waals surface area (Å²) < 4.78 is 0. The number of nitrogens with zero attached hydrogens (tertiary/aromatic N) is 1. The van der Waals surface area contributed by atoms with E-state index in [1.54, 1.807) is 18.1 Å². The van der Waals surface area contributed by atoms with Gasteiger partial charge in [0.2, 0.25) is 5.91 Å². The van der Waals surface area contributed by atoms with Gasteiger partial charge in [0.05, 0.1) is 19.3 Å². The molecule has 1 saturated heterocycles. The maximum absolute atomic E-state index is 13.9. The van der Waals surface area contributed by atoms with Crippen LogP contribution in [0.3, 0.4) is 0 Å². The Balaban J connectivity index is 1.36. The van der Waals surface area contributed by atoms with Crippen molar-refractivity contribution in [3.05, 3.63) is 59.7 Å². The molecule has 6 rings (SSSR count). The summed E-state index contributed by atoms with van der Waals surface area (Å²) in [7, 11) is 0. The number of carbonyl (C=O) groups excluding carboxylic acids is 2. The van der Waals surface area contributed by atoms with Gasteiger partial charge in [-0.05, 0) is 91.7 Å². The van der Waals surface area contributed by atoms with E-state index in [2.05, 4.69) is 31.4 Å². The number of hydroxylamine groups is 2. The van der Waals surface area contributed by atoms with Crippen molar-refractivity contribution >= 4 is 11.8 Å². The van der Waals surface area contributed by atoms with E-state index in [9.17, 15) is 19.8 Å². The number of amides is 2. The lowest BCUT2D eigenvalue weighted by atomic mass is 9.45. The van der Waals surface area contributed by atoms with Crippen molar-refractivity contribution in [3.8, 4) is 11.1 Å². The van der Waals surface area contributed by atoms with E-state index in [0.29, 0.717) is 35.3 Å². The van der Waals surface area contributed by atoms with E-state index in [-0.39, 0.29) is 30.5 Å². The summed E-state index contributed by atoms with van der Waals surface area (Å²) in [6.07, 6.45) is 0.661. The van der Waals surface area contributed by atoms with E-state index in [1.807, 2.05) is 56.3 Å². The summed E-state index contributed by atoms with van der Waals surface area (Å²) in [5, 5.41) is 28.7. The zero-order valence-electron chi connectivity index (χ0n) is 25.7. The number of benzene rings is 2. The topological polar surface area (TPSA) is 111 Å². The first-order valence-electron chi connectivity index (χ1n) is 15.4. The van der Waals surface area contributed by atoms with Gasteiger partial charge >= 0.3 is 0 Å². The van der Waals surface area contributed by atoms with Crippen LogP contribution in [0.25, 0.3) is 11.1 Å². The van der Waals surface area contributed by atoms with Crippen LogP contribution in [-0.2, 0) is 16.2 Å². The van der Waals surface area contributed by atoms with Gasteiger partial charge in [0, 0.05) is 23.6 Å². The predicted molar refractivity (Wildman–Crippen MR) is 162 cm³/mol. The fourth-order valence-corrected chi connectivity index (χ4v) is 7.70. The molecule has 2 amide bonds. The molecule has 3 saturated carbocycles. The molecule has 1 aliphatic heterocycles. The Morgan fingerprint density at radius 2 is 1.76 bits per heavy atom. The van der Waals surface area contributed by atoms with Crippen molar-refractivity contribution in [2.75, 3.05) is 6.61 Å². The second-order valence-corrected chi connectivity index (χ2v) is 13.6. The fraction of sp³-hybridized carbons (Fsp3) is 0.588. The summed E-state index contributed by atoms with van der Waals surface area (Å²) in [6.45, 7) is 12.5. The number of hydrogen-bond donors (Lipinski definition) is 4. The van der Waals surface area contributed by atoms with Crippen molar-refractivity contribution in [2.45, 2.75) is 91.3 Å². The summed E-state index contributed by atoms with van der Waals surface area (Å²) in [5.74, 6) is 0.725. The highest BCUT2D eigenvalue weighted by molar-refractivity contribution is 5.95. The zero-order valence-corrected chi connectivity index (χ0v) is 25.7. The van der Waals surface area contributed by atoms with Crippen molar-refractivity contribution in [3.63, 3.8) is 0 Å². The molecule has 2 aromatic carbocycles. The van der Waals surface area contributed by atoms with Crippen LogP contribution < -0.4 is 10.6 Å². The number of rotatable bonds is 9. The molecule has 42 heavy (non-hydrogen) atoms. The number of hydrogen-bond acceptors (Lipinski definition) is 6. The van der Waals surface area contributed by atoms with Crippen molar-refractivity contribution in [1.82, 2.24) is 15.7 Å². The normalized spacial score (nSPS) is 30.9. The van der Waals surface area contributed by atoms with Crippen LogP contribution in [0.2, 0.25) is 0 Å². The van der Waals surface area contributed by atoms with Gasteiger partial charge in [-0.25, -0.2) is 0 Å². The van der Waals surface area contributed by atoms with Crippen LogP contribution in [0.1, 0.15) is 70.3 Å². The second kappa shape index (κ2) is 12.1. The van der Waals surface area contributed by atoms with Crippen molar-refractivity contribution in [2.24, 2.45) is 29.1 Å². The highest BCUT2D eigenvalue weighted by atomic mass is 16.7. The molecular weight excluding hydrogens is 530 g/mol. The summed E-state index contributed by atoms with van der Waals surface area (Å²) in [4.78, 5) is 32.6. The zero-order chi connectivity index (χ0) is 30.3. The number of nitrogens with one attached hydrogen (secondary N) is 2. The smallest absolute Gasteiger partial charge is 0.251 e. The molecule has 8 heteroatoms.